The molecule has 3 aromatic carbocycles. The lowest BCUT2D eigenvalue weighted by Gasteiger charge is -2.23. The number of pyridine rings is 1. The van der Waals surface area contributed by atoms with Crippen LogP contribution in [0, 0.1) is 0 Å². The van der Waals surface area contributed by atoms with Crippen LogP contribution < -0.4 is 21.7 Å². The fourth-order valence-corrected chi connectivity index (χ4v) is 4.57. The summed E-state index contributed by atoms with van der Waals surface area (Å²) in [6.07, 6.45) is 3.28. The number of nitrogen functional groups attached to an aromatic ring is 1. The molecule has 0 aliphatic rings. The van der Waals surface area contributed by atoms with Crippen molar-refractivity contribution in [1.29, 1.82) is 0 Å². The van der Waals surface area contributed by atoms with Gasteiger partial charge >= 0.3 is 0 Å². The zero-order chi connectivity index (χ0) is 28.9. The predicted octanol–water partition coefficient (Wildman–Crippen LogP) is 4.71. The largest absolute Gasteiger partial charge is 0.393 e. The number of halogens is 1. The molecule has 1 aromatic heterocycles. The second-order valence-corrected chi connectivity index (χ2v) is 11.3. The van der Waals surface area contributed by atoms with Crippen LogP contribution in [-0.4, -0.2) is 38.8 Å². The van der Waals surface area contributed by atoms with E-state index in [1.165, 1.54) is 12.1 Å². The van der Waals surface area contributed by atoms with Gasteiger partial charge in [0.1, 0.15) is 17.4 Å². The standard InChI is InChI=1S/C29H27ClN6O3S/c1-36(24-13-11-22(30)12-14-24)29(20-8-6-19(7-9-20)21-10-15-27(32)33-17-21)35-28(26(31)18-37)34-23-4-3-5-25(16-23)40(2,38)39/h3-18,34H,31H2,1-2H3,(H2,32,33)/b28-26+,35-29-. The Morgan fingerprint density at radius 2 is 1.68 bits per heavy atom. The average molecular weight is 575 g/mol. The first-order chi connectivity index (χ1) is 19.0. The van der Waals surface area contributed by atoms with Crippen LogP contribution in [-0.2, 0) is 14.6 Å². The van der Waals surface area contributed by atoms with Crippen LogP contribution in [0.1, 0.15) is 5.56 Å². The topological polar surface area (TPSA) is 144 Å². The first-order valence-corrected chi connectivity index (χ1v) is 14.2. The molecule has 0 unspecified atom stereocenters. The molecule has 0 radical (unpaired) electrons. The van der Waals surface area contributed by atoms with Gasteiger partial charge in [-0.1, -0.05) is 41.9 Å². The van der Waals surface area contributed by atoms with Gasteiger partial charge in [0.05, 0.1) is 4.90 Å². The minimum atomic E-state index is -3.46. The van der Waals surface area contributed by atoms with Crippen molar-refractivity contribution >= 4 is 50.8 Å². The number of aromatic nitrogens is 1. The van der Waals surface area contributed by atoms with E-state index in [0.29, 0.717) is 34.2 Å². The van der Waals surface area contributed by atoms with Crippen molar-refractivity contribution in [2.45, 2.75) is 4.90 Å². The van der Waals surface area contributed by atoms with Gasteiger partial charge in [0.25, 0.3) is 0 Å². The number of carbonyl (C=O) groups excluding carboxylic acids is 1. The van der Waals surface area contributed by atoms with Gasteiger partial charge in [-0.25, -0.2) is 18.4 Å². The quantitative estimate of drug-likeness (QED) is 0.119. The van der Waals surface area contributed by atoms with Crippen molar-refractivity contribution in [3.8, 4) is 11.1 Å². The van der Waals surface area contributed by atoms with Crippen LogP contribution in [0.2, 0.25) is 5.02 Å². The predicted molar refractivity (Wildman–Crippen MR) is 161 cm³/mol. The molecular weight excluding hydrogens is 548 g/mol. The third-order valence-electron chi connectivity index (χ3n) is 5.94. The Kier molecular flexibility index (Phi) is 8.52. The first-order valence-electron chi connectivity index (χ1n) is 12.0. The third-order valence-corrected chi connectivity index (χ3v) is 7.30. The Morgan fingerprint density at radius 1 is 1.00 bits per heavy atom. The number of anilines is 3. The summed E-state index contributed by atoms with van der Waals surface area (Å²) in [5, 5.41) is 3.58. The van der Waals surface area contributed by atoms with Crippen LogP contribution in [0.15, 0.2) is 113 Å². The summed E-state index contributed by atoms with van der Waals surface area (Å²) in [6, 6.07) is 24.6. The van der Waals surface area contributed by atoms with Crippen molar-refractivity contribution in [3.63, 3.8) is 0 Å². The maximum Gasteiger partial charge on any atom is 0.175 e. The van der Waals surface area contributed by atoms with Crippen molar-refractivity contribution in [2.24, 2.45) is 10.7 Å². The number of sulfone groups is 1. The Labute approximate surface area is 237 Å². The molecule has 0 spiro atoms. The van der Waals surface area contributed by atoms with E-state index in [0.717, 1.165) is 23.1 Å². The SMILES string of the molecule is CN(/C(=N\C(Nc1cccc(S(C)(=O)=O)c1)=C(\N)C=O)c1ccc(-c2ccc(N)nc2)cc1)c1ccc(Cl)cc1. The summed E-state index contributed by atoms with van der Waals surface area (Å²) in [7, 11) is -1.64. The van der Waals surface area contributed by atoms with Gasteiger partial charge < -0.3 is 21.7 Å². The van der Waals surface area contributed by atoms with Gasteiger partial charge in [-0.15, -0.1) is 0 Å². The lowest BCUT2D eigenvalue weighted by Crippen LogP contribution is -2.28. The van der Waals surface area contributed by atoms with Crippen LogP contribution in [0.25, 0.3) is 11.1 Å². The van der Waals surface area contributed by atoms with Crippen molar-refractivity contribution in [3.05, 3.63) is 113 Å². The monoisotopic (exact) mass is 574 g/mol. The number of nitrogens with one attached hydrogen (secondary N) is 1. The molecule has 0 bridgehead atoms. The number of aldehydes is 1. The van der Waals surface area contributed by atoms with Crippen molar-refractivity contribution < 1.29 is 13.2 Å². The number of hydrogen-bond donors (Lipinski definition) is 3. The van der Waals surface area contributed by atoms with E-state index in [1.54, 1.807) is 36.5 Å². The molecule has 4 aromatic rings. The molecule has 40 heavy (non-hydrogen) atoms. The highest BCUT2D eigenvalue weighted by atomic mass is 35.5. The van der Waals surface area contributed by atoms with E-state index >= 15 is 0 Å². The van der Waals surface area contributed by atoms with E-state index in [2.05, 4.69) is 10.3 Å². The molecule has 204 valence electrons. The lowest BCUT2D eigenvalue weighted by molar-refractivity contribution is -0.105. The summed E-state index contributed by atoms with van der Waals surface area (Å²) in [6.45, 7) is 0. The maximum absolute atomic E-state index is 12.1. The Morgan fingerprint density at radius 3 is 2.27 bits per heavy atom. The van der Waals surface area contributed by atoms with Crippen LogP contribution in [0.4, 0.5) is 17.2 Å². The van der Waals surface area contributed by atoms with Gasteiger partial charge in [-0.3, -0.25) is 4.79 Å². The molecule has 11 heteroatoms. The Hall–Kier alpha value is -4.67. The van der Waals surface area contributed by atoms with E-state index in [9.17, 15) is 13.2 Å². The number of nitrogens with zero attached hydrogens (tertiary/aromatic N) is 3. The number of aliphatic imine (C=N–C) groups is 1. The fourth-order valence-electron chi connectivity index (χ4n) is 3.78. The number of benzene rings is 3. The molecule has 0 amide bonds. The van der Waals surface area contributed by atoms with Gasteiger partial charge in [0, 0.05) is 47.0 Å². The molecule has 0 aliphatic heterocycles. The second-order valence-electron chi connectivity index (χ2n) is 8.87. The number of allylic oxidation sites excluding steroid dienone is 1. The summed E-state index contributed by atoms with van der Waals surface area (Å²) >= 11 is 6.10. The van der Waals surface area contributed by atoms with Gasteiger partial charge in [-0.05, 0) is 60.2 Å². The molecule has 0 atom stereocenters. The average Bonchev–Trinajstić information content (AvgIpc) is 2.95. The van der Waals surface area contributed by atoms with E-state index in [4.69, 9.17) is 28.1 Å². The molecule has 0 saturated heterocycles. The van der Waals surface area contributed by atoms with E-state index in [-0.39, 0.29) is 16.4 Å². The number of rotatable bonds is 8. The summed E-state index contributed by atoms with van der Waals surface area (Å²) < 4.78 is 24.1. The normalized spacial score (nSPS) is 12.4. The molecule has 5 N–H and O–H groups in total. The van der Waals surface area contributed by atoms with Crippen LogP contribution >= 0.6 is 11.6 Å². The second kappa shape index (κ2) is 12.0. The molecule has 4 rings (SSSR count). The highest BCUT2D eigenvalue weighted by molar-refractivity contribution is 7.90. The van der Waals surface area contributed by atoms with E-state index < -0.39 is 9.84 Å². The summed E-state index contributed by atoms with van der Waals surface area (Å²) in [5.74, 6) is 0.931. The minimum absolute atomic E-state index is 0.0447. The summed E-state index contributed by atoms with van der Waals surface area (Å²) in [4.78, 5) is 22.6. The minimum Gasteiger partial charge on any atom is -0.393 e. The molecule has 0 saturated carbocycles. The van der Waals surface area contributed by atoms with Gasteiger partial charge in [-0.2, -0.15) is 0 Å². The van der Waals surface area contributed by atoms with Crippen LogP contribution in [0.3, 0.4) is 0 Å². The number of carbonyl (C=O) groups is 1. The van der Waals surface area contributed by atoms with Crippen molar-refractivity contribution in [2.75, 3.05) is 29.3 Å². The molecule has 1 heterocycles. The van der Waals surface area contributed by atoms with Gasteiger partial charge in [0.15, 0.2) is 21.9 Å². The number of hydrogen-bond acceptors (Lipinski definition) is 8. The Bertz CT molecular complexity index is 1690. The molecular formula is C29H27ClN6O3S. The Balaban J connectivity index is 1.80. The first kappa shape index (κ1) is 28.3. The molecule has 9 nitrogen and oxygen atoms in total. The van der Waals surface area contributed by atoms with E-state index in [1.807, 2.05) is 54.4 Å². The molecule has 0 fully saturated rings. The molecule has 0 aliphatic carbocycles. The lowest BCUT2D eigenvalue weighted by atomic mass is 10.0. The fraction of sp³-hybridized carbons (Fsp3) is 0.0690. The highest BCUT2D eigenvalue weighted by Gasteiger charge is 2.16. The summed E-state index contributed by atoms with van der Waals surface area (Å²) in [5.41, 5.74) is 15.3. The smallest absolute Gasteiger partial charge is 0.175 e. The van der Waals surface area contributed by atoms with Crippen molar-refractivity contribution in [1.82, 2.24) is 4.98 Å². The number of amidine groups is 1. The number of nitrogens with two attached hydrogens (primary N) is 2. The van der Waals surface area contributed by atoms with Crippen LogP contribution in [0.5, 0.6) is 0 Å². The maximum atomic E-state index is 12.1. The van der Waals surface area contributed by atoms with Gasteiger partial charge in [0.2, 0.25) is 0 Å². The zero-order valence-electron chi connectivity index (χ0n) is 21.7. The highest BCUT2D eigenvalue weighted by Crippen LogP contribution is 2.25. The third kappa shape index (κ3) is 6.85. The zero-order valence-corrected chi connectivity index (χ0v) is 23.3.